The molecule has 3 nitrogen and oxygen atoms in total. The van der Waals surface area contributed by atoms with Crippen LogP contribution in [-0.2, 0) is 4.79 Å². The molecule has 0 aromatic heterocycles. The van der Waals surface area contributed by atoms with Crippen molar-refractivity contribution in [1.82, 2.24) is 5.01 Å². The quantitative estimate of drug-likeness (QED) is 0.365. The molecule has 16 heavy (non-hydrogen) atoms. The molecule has 0 spiro atoms. The lowest BCUT2D eigenvalue weighted by molar-refractivity contribution is -0.121. The Bertz CT molecular complexity index is 331. The van der Waals surface area contributed by atoms with Crippen molar-refractivity contribution in [3.05, 3.63) is 35.9 Å². The first-order chi connectivity index (χ1) is 7.81. The van der Waals surface area contributed by atoms with Crippen LogP contribution in [0.25, 0.3) is 0 Å². The lowest BCUT2D eigenvalue weighted by Gasteiger charge is -2.32. The molecule has 0 heterocycles. The summed E-state index contributed by atoms with van der Waals surface area (Å²) in [6.45, 7) is 0. The van der Waals surface area contributed by atoms with E-state index in [1.54, 1.807) is 0 Å². The van der Waals surface area contributed by atoms with Crippen molar-refractivity contribution in [1.29, 1.82) is 0 Å². The molecule has 0 unspecified atom stereocenters. The Kier molecular flexibility index (Phi) is 3.57. The number of rotatable bonds is 3. The number of carbonyl (C=O) groups is 1. The van der Waals surface area contributed by atoms with Gasteiger partial charge >= 0.3 is 0 Å². The fraction of sp³-hybridized carbons (Fsp3) is 0.462. The molecule has 3 heteroatoms. The van der Waals surface area contributed by atoms with Crippen molar-refractivity contribution < 1.29 is 4.79 Å². The highest BCUT2D eigenvalue weighted by Gasteiger charge is 2.24. The van der Waals surface area contributed by atoms with E-state index >= 15 is 0 Å². The predicted molar refractivity (Wildman–Crippen MR) is 63.5 cm³/mol. The van der Waals surface area contributed by atoms with Gasteiger partial charge in [0.1, 0.15) is 0 Å². The summed E-state index contributed by atoms with van der Waals surface area (Å²) in [6, 6.07) is 10.8. The molecule has 0 atom stereocenters. The van der Waals surface area contributed by atoms with E-state index in [9.17, 15) is 4.79 Å². The number of nitrogens with zero attached hydrogens (tertiary/aromatic N) is 1. The molecule has 1 aromatic rings. The first kappa shape index (κ1) is 11.1. The van der Waals surface area contributed by atoms with Crippen molar-refractivity contribution in [2.24, 2.45) is 5.84 Å². The van der Waals surface area contributed by atoms with Crippen LogP contribution in [0.3, 0.4) is 0 Å². The van der Waals surface area contributed by atoms with E-state index in [0.29, 0.717) is 5.92 Å². The lowest BCUT2D eigenvalue weighted by atomic mass is 9.82. The topological polar surface area (TPSA) is 46.3 Å². The van der Waals surface area contributed by atoms with Gasteiger partial charge in [-0.15, -0.1) is 0 Å². The van der Waals surface area contributed by atoms with Gasteiger partial charge in [-0.25, -0.2) is 5.84 Å². The second-order valence-corrected chi connectivity index (χ2v) is 4.47. The van der Waals surface area contributed by atoms with Gasteiger partial charge in [-0.3, -0.25) is 9.80 Å². The zero-order valence-corrected chi connectivity index (χ0v) is 9.38. The van der Waals surface area contributed by atoms with Gasteiger partial charge in [-0.05, 0) is 37.2 Å². The number of carbonyl (C=O) groups excluding carboxylic acids is 1. The SMILES string of the molecule is NN(C=O)C1CCC(c2ccccc2)CC1. The summed E-state index contributed by atoms with van der Waals surface area (Å²) in [6.07, 6.45) is 4.99. The van der Waals surface area contributed by atoms with E-state index in [4.69, 9.17) is 5.84 Å². The number of nitrogens with two attached hydrogens (primary N) is 1. The molecule has 0 aliphatic heterocycles. The zero-order valence-electron chi connectivity index (χ0n) is 9.38. The van der Waals surface area contributed by atoms with Crippen LogP contribution in [0.4, 0.5) is 0 Å². The minimum Gasteiger partial charge on any atom is -0.280 e. The zero-order chi connectivity index (χ0) is 11.4. The Morgan fingerprint density at radius 2 is 1.75 bits per heavy atom. The second-order valence-electron chi connectivity index (χ2n) is 4.47. The highest BCUT2D eigenvalue weighted by molar-refractivity contribution is 5.46. The van der Waals surface area contributed by atoms with Gasteiger partial charge in [0.15, 0.2) is 0 Å². The van der Waals surface area contributed by atoms with Gasteiger partial charge in [0.25, 0.3) is 0 Å². The Morgan fingerprint density at radius 3 is 2.31 bits per heavy atom. The molecule has 0 bridgehead atoms. The van der Waals surface area contributed by atoms with Gasteiger partial charge in [0.2, 0.25) is 6.41 Å². The second kappa shape index (κ2) is 5.12. The van der Waals surface area contributed by atoms with E-state index < -0.39 is 0 Å². The van der Waals surface area contributed by atoms with Gasteiger partial charge in [0.05, 0.1) is 0 Å². The van der Waals surface area contributed by atoms with Crippen molar-refractivity contribution in [3.8, 4) is 0 Å². The van der Waals surface area contributed by atoms with Gasteiger partial charge in [-0.2, -0.15) is 0 Å². The monoisotopic (exact) mass is 218 g/mol. The molecular formula is C13H18N2O. The molecule has 1 aromatic carbocycles. The third-order valence-electron chi connectivity index (χ3n) is 3.51. The third kappa shape index (κ3) is 2.42. The fourth-order valence-corrected chi connectivity index (χ4v) is 2.52. The van der Waals surface area contributed by atoms with E-state index in [1.165, 1.54) is 10.6 Å². The maximum Gasteiger partial charge on any atom is 0.223 e. The average molecular weight is 218 g/mol. The molecule has 1 fully saturated rings. The summed E-state index contributed by atoms with van der Waals surface area (Å²) in [5.41, 5.74) is 1.41. The number of amides is 1. The van der Waals surface area contributed by atoms with Crippen LogP contribution in [0.5, 0.6) is 0 Å². The molecule has 1 aliphatic carbocycles. The maximum atomic E-state index is 10.6. The molecule has 0 saturated heterocycles. The normalized spacial score (nSPS) is 25.1. The Labute approximate surface area is 96.2 Å². The summed E-state index contributed by atoms with van der Waals surface area (Å²) in [5, 5.41) is 1.32. The van der Waals surface area contributed by atoms with Crippen molar-refractivity contribution in [2.75, 3.05) is 0 Å². The molecule has 1 saturated carbocycles. The van der Waals surface area contributed by atoms with E-state index in [1.807, 2.05) is 6.07 Å². The maximum absolute atomic E-state index is 10.6. The Balaban J connectivity index is 1.93. The fourth-order valence-electron chi connectivity index (χ4n) is 2.52. The van der Waals surface area contributed by atoms with Gasteiger partial charge < -0.3 is 0 Å². The van der Waals surface area contributed by atoms with Crippen LogP contribution in [0.1, 0.15) is 37.2 Å². The summed E-state index contributed by atoms with van der Waals surface area (Å²) in [7, 11) is 0. The van der Waals surface area contributed by atoms with Crippen LogP contribution in [0, 0.1) is 0 Å². The molecule has 2 rings (SSSR count). The van der Waals surface area contributed by atoms with Crippen molar-refractivity contribution >= 4 is 6.41 Å². The molecule has 86 valence electrons. The molecular weight excluding hydrogens is 200 g/mol. The van der Waals surface area contributed by atoms with Gasteiger partial charge in [0, 0.05) is 6.04 Å². The summed E-state index contributed by atoms with van der Waals surface area (Å²) < 4.78 is 0. The molecule has 1 amide bonds. The standard InChI is InChI=1S/C13H18N2O/c14-15(10-16)13-8-6-12(7-9-13)11-4-2-1-3-5-11/h1-5,10,12-13H,6-9,14H2. The minimum absolute atomic E-state index is 0.234. The van der Waals surface area contributed by atoms with Crippen molar-refractivity contribution in [3.63, 3.8) is 0 Å². The first-order valence-electron chi connectivity index (χ1n) is 5.84. The minimum atomic E-state index is 0.234. The van der Waals surface area contributed by atoms with Crippen LogP contribution < -0.4 is 5.84 Å². The van der Waals surface area contributed by atoms with Crippen LogP contribution >= 0.6 is 0 Å². The van der Waals surface area contributed by atoms with Crippen LogP contribution in [-0.4, -0.2) is 17.5 Å². The summed E-state index contributed by atoms with van der Waals surface area (Å²) in [4.78, 5) is 10.6. The smallest absolute Gasteiger partial charge is 0.223 e. The molecule has 0 radical (unpaired) electrons. The van der Waals surface area contributed by atoms with E-state index in [-0.39, 0.29) is 6.04 Å². The highest BCUT2D eigenvalue weighted by atomic mass is 16.1. The summed E-state index contributed by atoms with van der Waals surface area (Å²) in [5.74, 6) is 6.23. The summed E-state index contributed by atoms with van der Waals surface area (Å²) >= 11 is 0. The lowest BCUT2D eigenvalue weighted by Crippen LogP contribution is -2.41. The van der Waals surface area contributed by atoms with E-state index in [0.717, 1.165) is 32.1 Å². The Hall–Kier alpha value is -1.35. The largest absolute Gasteiger partial charge is 0.280 e. The number of hydrogen-bond donors (Lipinski definition) is 1. The molecule has 2 N–H and O–H groups in total. The van der Waals surface area contributed by atoms with E-state index in [2.05, 4.69) is 24.3 Å². The Morgan fingerprint density at radius 1 is 1.12 bits per heavy atom. The average Bonchev–Trinajstić information content (AvgIpc) is 2.39. The number of hydrogen-bond acceptors (Lipinski definition) is 2. The highest BCUT2D eigenvalue weighted by Crippen LogP contribution is 2.33. The van der Waals surface area contributed by atoms with Crippen molar-refractivity contribution in [2.45, 2.75) is 37.6 Å². The number of benzene rings is 1. The van der Waals surface area contributed by atoms with Crippen LogP contribution in [0.15, 0.2) is 30.3 Å². The first-order valence-corrected chi connectivity index (χ1v) is 5.84. The third-order valence-corrected chi connectivity index (χ3v) is 3.51. The van der Waals surface area contributed by atoms with Gasteiger partial charge in [-0.1, -0.05) is 30.3 Å². The predicted octanol–water partition coefficient (Wildman–Crippen LogP) is 2.04. The molecule has 1 aliphatic rings. The van der Waals surface area contributed by atoms with Crippen LogP contribution in [0.2, 0.25) is 0 Å². The number of hydrazine groups is 1.